The molecule has 0 amide bonds. The van der Waals surface area contributed by atoms with Gasteiger partial charge in [-0.25, -0.2) is 0 Å². The molecule has 0 aromatic carbocycles. The van der Waals surface area contributed by atoms with Crippen LogP contribution in [0.1, 0.15) is 46.0 Å². The molecule has 1 unspecified atom stereocenters. The van der Waals surface area contributed by atoms with Crippen LogP contribution in [0.25, 0.3) is 0 Å². The Morgan fingerprint density at radius 1 is 1.20 bits per heavy atom. The van der Waals surface area contributed by atoms with E-state index in [9.17, 15) is 4.79 Å². The number of hydrogen-bond acceptors (Lipinski definition) is 2. The minimum atomic E-state index is 0.332. The predicted octanol–water partition coefficient (Wildman–Crippen LogP) is 2.48. The lowest BCUT2D eigenvalue weighted by molar-refractivity contribution is -0.118. The van der Waals surface area contributed by atoms with Gasteiger partial charge in [0.2, 0.25) is 0 Å². The molecule has 0 N–H and O–H groups in total. The van der Waals surface area contributed by atoms with Crippen molar-refractivity contribution in [3.05, 3.63) is 0 Å². The summed E-state index contributed by atoms with van der Waals surface area (Å²) in [4.78, 5) is 13.7. The number of hydrogen-bond donors (Lipinski definition) is 0. The fraction of sp³-hybridized carbons (Fsp3) is 0.923. The Bertz CT molecular complexity index is 217. The maximum Gasteiger partial charge on any atom is 0.131 e. The van der Waals surface area contributed by atoms with E-state index in [1.54, 1.807) is 6.92 Å². The second kappa shape index (κ2) is 4.65. The molecule has 15 heavy (non-hydrogen) atoms. The third-order valence-electron chi connectivity index (χ3n) is 3.59. The van der Waals surface area contributed by atoms with Gasteiger partial charge in [0.05, 0.1) is 0 Å². The fourth-order valence-corrected chi connectivity index (χ4v) is 2.24. The summed E-state index contributed by atoms with van der Waals surface area (Å²) in [7, 11) is 0. The average molecular weight is 209 g/mol. The molecule has 2 aliphatic rings. The molecule has 2 heteroatoms. The molecule has 2 nitrogen and oxygen atoms in total. The van der Waals surface area contributed by atoms with E-state index in [2.05, 4.69) is 11.8 Å². The minimum Gasteiger partial charge on any atom is -0.300 e. The first kappa shape index (κ1) is 11.1. The Morgan fingerprint density at radius 2 is 1.67 bits per heavy atom. The van der Waals surface area contributed by atoms with Gasteiger partial charge in [-0.05, 0) is 51.4 Å². The monoisotopic (exact) mass is 209 g/mol. The molecule has 0 bridgehead atoms. The normalized spacial score (nSPS) is 23.1. The van der Waals surface area contributed by atoms with Crippen molar-refractivity contribution in [2.24, 2.45) is 11.8 Å². The van der Waals surface area contributed by atoms with Crippen molar-refractivity contribution in [1.29, 1.82) is 0 Å². The molecule has 86 valence electrons. The topological polar surface area (TPSA) is 20.3 Å². The summed E-state index contributed by atoms with van der Waals surface area (Å²) in [6.07, 6.45) is 6.38. The van der Waals surface area contributed by atoms with Gasteiger partial charge in [0.25, 0.3) is 0 Å². The number of nitrogens with zero attached hydrogens (tertiary/aromatic N) is 1. The fourth-order valence-electron chi connectivity index (χ4n) is 2.24. The lowest BCUT2D eigenvalue weighted by Crippen LogP contribution is -2.37. The first-order chi connectivity index (χ1) is 7.15. The lowest BCUT2D eigenvalue weighted by atomic mass is 10.1. The van der Waals surface area contributed by atoms with Crippen LogP contribution in [0.5, 0.6) is 0 Å². The molecule has 0 spiro atoms. The van der Waals surface area contributed by atoms with Gasteiger partial charge >= 0.3 is 0 Å². The number of ketones is 1. The third kappa shape index (κ3) is 3.94. The smallest absolute Gasteiger partial charge is 0.131 e. The van der Waals surface area contributed by atoms with Crippen LogP contribution in [-0.4, -0.2) is 29.8 Å². The SMILES string of the molecule is CC(=O)CC(C)N(CC1CC1)CC1CC1. The van der Waals surface area contributed by atoms with E-state index < -0.39 is 0 Å². The molecule has 1 atom stereocenters. The highest BCUT2D eigenvalue weighted by atomic mass is 16.1. The summed E-state index contributed by atoms with van der Waals surface area (Å²) in [5.41, 5.74) is 0. The Hall–Kier alpha value is -0.370. The van der Waals surface area contributed by atoms with Crippen molar-refractivity contribution < 1.29 is 4.79 Å². The van der Waals surface area contributed by atoms with Crippen LogP contribution in [0.15, 0.2) is 0 Å². The molecule has 2 fully saturated rings. The van der Waals surface area contributed by atoms with Crippen LogP contribution >= 0.6 is 0 Å². The van der Waals surface area contributed by atoms with Gasteiger partial charge in [0.1, 0.15) is 5.78 Å². The highest BCUT2D eigenvalue weighted by molar-refractivity contribution is 5.76. The van der Waals surface area contributed by atoms with Gasteiger partial charge < -0.3 is 0 Å². The highest BCUT2D eigenvalue weighted by Gasteiger charge is 2.31. The molecule has 2 rings (SSSR count). The zero-order valence-electron chi connectivity index (χ0n) is 10.0. The van der Waals surface area contributed by atoms with Gasteiger partial charge in [-0.3, -0.25) is 9.69 Å². The standard InChI is InChI=1S/C13H23NO/c1-10(7-11(2)15)14(8-12-3-4-12)9-13-5-6-13/h10,12-13H,3-9H2,1-2H3. The molecule has 0 aliphatic heterocycles. The van der Waals surface area contributed by atoms with Crippen LogP contribution in [0.2, 0.25) is 0 Å². The molecule has 0 aromatic heterocycles. The van der Waals surface area contributed by atoms with E-state index in [0.29, 0.717) is 11.8 Å². The molecule has 2 aliphatic carbocycles. The van der Waals surface area contributed by atoms with Crippen molar-refractivity contribution in [3.63, 3.8) is 0 Å². The van der Waals surface area contributed by atoms with E-state index >= 15 is 0 Å². The molecule has 2 saturated carbocycles. The predicted molar refractivity (Wildman–Crippen MR) is 61.8 cm³/mol. The maximum absolute atomic E-state index is 11.1. The van der Waals surface area contributed by atoms with E-state index in [4.69, 9.17) is 0 Å². The first-order valence-electron chi connectivity index (χ1n) is 6.38. The third-order valence-corrected chi connectivity index (χ3v) is 3.59. The number of Topliss-reactive ketones (excluding diaryl/α,β-unsaturated/α-hetero) is 1. The van der Waals surface area contributed by atoms with Crippen molar-refractivity contribution in [2.45, 2.75) is 52.0 Å². The molecule has 0 aromatic rings. The molecule has 0 radical (unpaired) electrons. The molecule has 0 saturated heterocycles. The average Bonchev–Trinajstić information content (AvgIpc) is 2.95. The maximum atomic E-state index is 11.1. The second-order valence-electron chi connectivity index (χ2n) is 5.60. The van der Waals surface area contributed by atoms with E-state index in [-0.39, 0.29) is 0 Å². The van der Waals surface area contributed by atoms with Crippen LogP contribution in [0.4, 0.5) is 0 Å². The van der Waals surface area contributed by atoms with Gasteiger partial charge in [0.15, 0.2) is 0 Å². The van der Waals surface area contributed by atoms with Crippen molar-refractivity contribution in [1.82, 2.24) is 4.90 Å². The number of carbonyl (C=O) groups is 1. The summed E-state index contributed by atoms with van der Waals surface area (Å²) in [6, 6.07) is 0.462. The van der Waals surface area contributed by atoms with E-state index in [1.165, 1.54) is 38.8 Å². The quantitative estimate of drug-likeness (QED) is 0.642. The number of carbonyl (C=O) groups excluding carboxylic acids is 1. The molecular formula is C13H23NO. The zero-order chi connectivity index (χ0) is 10.8. The Morgan fingerprint density at radius 3 is 2.00 bits per heavy atom. The van der Waals surface area contributed by atoms with Gasteiger partial charge in [-0.1, -0.05) is 0 Å². The van der Waals surface area contributed by atoms with E-state index in [1.807, 2.05) is 0 Å². The van der Waals surface area contributed by atoms with Gasteiger partial charge in [-0.15, -0.1) is 0 Å². The van der Waals surface area contributed by atoms with Crippen LogP contribution in [-0.2, 0) is 4.79 Å². The van der Waals surface area contributed by atoms with Crippen molar-refractivity contribution >= 4 is 5.78 Å². The van der Waals surface area contributed by atoms with Crippen LogP contribution in [0.3, 0.4) is 0 Å². The summed E-state index contributed by atoms with van der Waals surface area (Å²) < 4.78 is 0. The molecule has 0 heterocycles. The Kier molecular flexibility index (Phi) is 3.45. The zero-order valence-corrected chi connectivity index (χ0v) is 10.0. The second-order valence-corrected chi connectivity index (χ2v) is 5.60. The van der Waals surface area contributed by atoms with Crippen molar-refractivity contribution in [3.8, 4) is 0 Å². The number of rotatable bonds is 7. The molecular weight excluding hydrogens is 186 g/mol. The summed E-state index contributed by atoms with van der Waals surface area (Å²) in [5, 5.41) is 0. The van der Waals surface area contributed by atoms with Crippen LogP contribution < -0.4 is 0 Å². The van der Waals surface area contributed by atoms with Gasteiger partial charge in [0, 0.05) is 25.6 Å². The van der Waals surface area contributed by atoms with E-state index in [0.717, 1.165) is 18.3 Å². The van der Waals surface area contributed by atoms with Gasteiger partial charge in [-0.2, -0.15) is 0 Å². The lowest BCUT2D eigenvalue weighted by Gasteiger charge is -2.28. The minimum absolute atomic E-state index is 0.332. The largest absolute Gasteiger partial charge is 0.300 e. The van der Waals surface area contributed by atoms with Crippen LogP contribution in [0, 0.1) is 11.8 Å². The summed E-state index contributed by atoms with van der Waals surface area (Å²) in [6.45, 7) is 6.41. The summed E-state index contributed by atoms with van der Waals surface area (Å²) >= 11 is 0. The summed E-state index contributed by atoms with van der Waals surface area (Å²) in [5.74, 6) is 2.22. The Balaban J connectivity index is 1.80. The van der Waals surface area contributed by atoms with Crippen molar-refractivity contribution in [2.75, 3.05) is 13.1 Å². The first-order valence-corrected chi connectivity index (χ1v) is 6.38. The highest BCUT2D eigenvalue weighted by Crippen LogP contribution is 2.34. The Labute approximate surface area is 93.0 Å².